The van der Waals surface area contributed by atoms with Crippen molar-refractivity contribution in [2.24, 2.45) is 5.92 Å². The summed E-state index contributed by atoms with van der Waals surface area (Å²) in [6, 6.07) is 0. The van der Waals surface area contributed by atoms with Gasteiger partial charge in [0.15, 0.2) is 5.89 Å². The number of halogens is 1. The van der Waals surface area contributed by atoms with E-state index in [1.807, 2.05) is 17.1 Å². The van der Waals surface area contributed by atoms with Gasteiger partial charge in [0.25, 0.3) is 0 Å². The Hall–Kier alpha value is -3.65. The van der Waals surface area contributed by atoms with E-state index in [4.69, 9.17) is 42.9 Å². The van der Waals surface area contributed by atoms with Crippen molar-refractivity contribution < 1.29 is 42.8 Å². The molecule has 4 rings (SSSR count). The molecule has 0 radical (unpaired) electrons. The summed E-state index contributed by atoms with van der Waals surface area (Å²) in [4.78, 5) is 22.0. The lowest BCUT2D eigenvalue weighted by Gasteiger charge is -2.34. The zero-order valence-corrected chi connectivity index (χ0v) is 40.6. The van der Waals surface area contributed by atoms with Crippen molar-refractivity contribution in [2.75, 3.05) is 14.2 Å². The van der Waals surface area contributed by atoms with Crippen molar-refractivity contribution in [1.29, 1.82) is 0 Å². The van der Waals surface area contributed by atoms with Gasteiger partial charge in [0.05, 0.1) is 43.0 Å². The number of aliphatic hydroxyl groups is 1. The second-order valence-electron chi connectivity index (χ2n) is 17.7. The number of hydrogen-bond acceptors (Lipinski definition) is 10. The molecule has 354 valence electrons. The Morgan fingerprint density at radius 3 is 2.58 bits per heavy atom. The smallest absolute Gasteiger partial charge is 0.327 e. The van der Waals surface area contributed by atoms with Gasteiger partial charge in [0.1, 0.15) is 30.0 Å². The third kappa shape index (κ3) is 21.1. The number of carboxylic acids is 1. The van der Waals surface area contributed by atoms with Crippen LogP contribution in [0.1, 0.15) is 159 Å². The van der Waals surface area contributed by atoms with Crippen molar-refractivity contribution in [2.45, 2.75) is 179 Å². The SMILES string of the molecule is C=C(CCC/C=C\C(=O)O)CC(O)CC1CCCC(c2coc(/C=C/CCCCC(C)C/C(C)=C/c3coc(CC4CC(OC)CC(C/C=C(C)/C=C/C(C/C=C/Br)OC)O4)n3)n2)O1. The summed E-state index contributed by atoms with van der Waals surface area (Å²) in [5.41, 5.74) is 5.10. The molecule has 2 aliphatic heterocycles. The average Bonchev–Trinajstić information content (AvgIpc) is 3.93. The molecule has 2 aromatic heterocycles. The zero-order chi connectivity index (χ0) is 46.1. The quantitative estimate of drug-likeness (QED) is 0.0348. The van der Waals surface area contributed by atoms with Crippen LogP contribution in [0.15, 0.2) is 92.2 Å². The lowest BCUT2D eigenvalue weighted by atomic mass is 9.95. The fraction of sp³-hybridized carbons (Fsp3) is 0.596. The standard InChI is InChI=1S/C52H75BrN2O9/c1-37(23-25-43(59-5)19-15-27-53)24-26-45-32-46(60-6)33-47(63-45)34-51-54-41(35-61-51)29-40(4)28-38(2)16-10-7-8-12-21-50-55-48(36-62-50)49-20-14-18-44(64-49)31-42(56)30-39(3)17-11-9-13-22-52(57)58/h12-13,15,21-25,27,29,35-36,38,42-47,49,56H,3,7-11,14,16-20,26,28,30-34H2,1-2,4-6H3,(H,57,58)/b21-12+,22-13-,25-23+,27-15+,37-24+,40-29+. The molecule has 8 unspecified atom stereocenters. The predicted molar refractivity (Wildman–Crippen MR) is 258 cm³/mol. The molecule has 11 nitrogen and oxygen atoms in total. The van der Waals surface area contributed by atoms with E-state index in [1.165, 1.54) is 11.1 Å². The number of aliphatic hydroxyl groups excluding tert-OH is 1. The number of aliphatic carboxylic acids is 1. The molecule has 12 heteroatoms. The molecule has 0 bridgehead atoms. The molecule has 64 heavy (non-hydrogen) atoms. The maximum absolute atomic E-state index is 10.7. The van der Waals surface area contributed by atoms with E-state index in [-0.39, 0.29) is 36.6 Å². The number of methoxy groups -OCH3 is 2. The first-order valence-electron chi connectivity index (χ1n) is 23.4. The van der Waals surface area contributed by atoms with E-state index in [9.17, 15) is 9.90 Å². The summed E-state index contributed by atoms with van der Waals surface area (Å²) in [6.45, 7) is 10.7. The first-order valence-corrected chi connectivity index (χ1v) is 24.3. The fourth-order valence-corrected chi connectivity index (χ4v) is 8.71. The maximum atomic E-state index is 10.7. The summed E-state index contributed by atoms with van der Waals surface area (Å²) < 4.78 is 35.9. The Balaban J connectivity index is 1.12. The van der Waals surface area contributed by atoms with Crippen LogP contribution in [-0.4, -0.2) is 77.0 Å². The van der Waals surface area contributed by atoms with Crippen LogP contribution in [0.3, 0.4) is 0 Å². The molecular weight excluding hydrogens is 876 g/mol. The van der Waals surface area contributed by atoms with E-state index in [0.29, 0.717) is 43.4 Å². The van der Waals surface area contributed by atoms with E-state index >= 15 is 0 Å². The molecule has 4 heterocycles. The van der Waals surface area contributed by atoms with Gasteiger partial charge in [0.2, 0.25) is 5.89 Å². The second kappa shape index (κ2) is 29.8. The number of allylic oxidation sites excluding steroid dienone is 5. The van der Waals surface area contributed by atoms with Crippen molar-refractivity contribution in [3.05, 3.63) is 107 Å². The van der Waals surface area contributed by atoms with Gasteiger partial charge in [-0.2, -0.15) is 0 Å². The summed E-state index contributed by atoms with van der Waals surface area (Å²) in [7, 11) is 3.51. The number of carbonyl (C=O) groups is 1. The number of oxazole rings is 2. The van der Waals surface area contributed by atoms with Crippen LogP contribution in [0.5, 0.6) is 0 Å². The Bertz CT molecular complexity index is 1860. The van der Waals surface area contributed by atoms with Crippen LogP contribution in [0.4, 0.5) is 0 Å². The van der Waals surface area contributed by atoms with Gasteiger partial charge < -0.3 is 38.0 Å². The largest absolute Gasteiger partial charge is 0.478 e. The van der Waals surface area contributed by atoms with Gasteiger partial charge in [-0.25, -0.2) is 14.8 Å². The van der Waals surface area contributed by atoms with Crippen LogP contribution in [0, 0.1) is 5.92 Å². The first kappa shape index (κ1) is 53.0. The predicted octanol–water partition coefficient (Wildman–Crippen LogP) is 12.8. The van der Waals surface area contributed by atoms with E-state index in [1.54, 1.807) is 32.8 Å². The van der Waals surface area contributed by atoms with Crippen LogP contribution in [0.2, 0.25) is 0 Å². The van der Waals surface area contributed by atoms with Crippen LogP contribution >= 0.6 is 15.9 Å². The minimum atomic E-state index is -0.935. The maximum Gasteiger partial charge on any atom is 0.327 e. The average molecular weight is 952 g/mol. The van der Waals surface area contributed by atoms with Gasteiger partial charge >= 0.3 is 5.97 Å². The third-order valence-corrected chi connectivity index (χ3v) is 12.2. The van der Waals surface area contributed by atoms with E-state index in [0.717, 1.165) is 113 Å². The number of rotatable bonds is 29. The third-order valence-electron chi connectivity index (χ3n) is 11.9. The number of nitrogens with zero attached hydrogens (tertiary/aromatic N) is 2. The summed E-state index contributed by atoms with van der Waals surface area (Å²) in [5, 5.41) is 19.4. The molecule has 2 aromatic rings. The van der Waals surface area contributed by atoms with Gasteiger partial charge in [-0.3, -0.25) is 0 Å². The number of ether oxygens (including phenoxy) is 4. The zero-order valence-electron chi connectivity index (χ0n) is 39.0. The highest BCUT2D eigenvalue weighted by atomic mass is 79.9. The monoisotopic (exact) mass is 950 g/mol. The second-order valence-corrected chi connectivity index (χ2v) is 18.3. The first-order chi connectivity index (χ1) is 30.9. The molecule has 0 amide bonds. The Morgan fingerprint density at radius 2 is 1.80 bits per heavy atom. The van der Waals surface area contributed by atoms with Gasteiger partial charge in [-0.05, 0) is 120 Å². The molecule has 0 spiro atoms. The molecule has 0 aromatic carbocycles. The topological polar surface area (TPSA) is 147 Å². The minimum absolute atomic E-state index is 0.0173. The molecule has 0 aliphatic carbocycles. The number of carboxylic acid groups (broad SMARTS) is 1. The van der Waals surface area contributed by atoms with E-state index in [2.05, 4.69) is 73.7 Å². The van der Waals surface area contributed by atoms with Crippen LogP contribution in [-0.2, 0) is 30.2 Å². The molecule has 2 N–H and O–H groups in total. The Kier molecular flexibility index (Phi) is 24.7. The highest BCUT2D eigenvalue weighted by Crippen LogP contribution is 2.33. The molecule has 0 saturated carbocycles. The lowest BCUT2D eigenvalue weighted by Crippen LogP contribution is -2.37. The van der Waals surface area contributed by atoms with E-state index < -0.39 is 12.1 Å². The highest BCUT2D eigenvalue weighted by molar-refractivity contribution is 9.11. The number of unbranched alkanes of at least 4 members (excludes halogenated alkanes) is 3. The number of hydrogen-bond donors (Lipinski definition) is 2. The van der Waals surface area contributed by atoms with Gasteiger partial charge in [0, 0.05) is 33.1 Å². The van der Waals surface area contributed by atoms with Gasteiger partial charge in [-0.1, -0.05) is 95.4 Å². The molecule has 8 atom stereocenters. The molecule has 2 aliphatic rings. The van der Waals surface area contributed by atoms with Crippen molar-refractivity contribution in [1.82, 2.24) is 9.97 Å². The molecule has 2 saturated heterocycles. The Labute approximate surface area is 391 Å². The van der Waals surface area contributed by atoms with Gasteiger partial charge in [-0.15, -0.1) is 0 Å². The lowest BCUT2D eigenvalue weighted by molar-refractivity contribution is -0.131. The van der Waals surface area contributed by atoms with Crippen molar-refractivity contribution >= 4 is 34.1 Å². The highest BCUT2D eigenvalue weighted by Gasteiger charge is 2.31. The fourth-order valence-electron chi connectivity index (χ4n) is 8.50. The van der Waals surface area contributed by atoms with Crippen molar-refractivity contribution in [3.8, 4) is 0 Å². The minimum Gasteiger partial charge on any atom is -0.478 e. The summed E-state index contributed by atoms with van der Waals surface area (Å²) in [5.74, 6) is 0.911. The van der Waals surface area contributed by atoms with Crippen molar-refractivity contribution in [3.63, 3.8) is 0 Å². The number of aromatic nitrogens is 2. The van der Waals surface area contributed by atoms with Crippen LogP contribution < -0.4 is 0 Å². The normalized spacial score (nSPS) is 22.9. The summed E-state index contributed by atoms with van der Waals surface area (Å²) >= 11 is 3.32. The summed E-state index contributed by atoms with van der Waals surface area (Å²) in [6.07, 6.45) is 35.9. The molecule has 2 fully saturated rings. The Morgan fingerprint density at radius 1 is 0.984 bits per heavy atom. The van der Waals surface area contributed by atoms with Crippen LogP contribution in [0.25, 0.3) is 12.2 Å². The molecular formula is C52H75BrN2O9.